The smallest absolute Gasteiger partial charge is 0.424 e. The predicted octanol–water partition coefficient (Wildman–Crippen LogP) is 3.58. The van der Waals surface area contributed by atoms with Crippen LogP contribution < -0.4 is 26.4 Å². The van der Waals surface area contributed by atoms with Crippen LogP contribution in [0.15, 0.2) is 54.7 Å². The number of aryl methyl sites for hydroxylation is 1. The highest BCUT2D eigenvalue weighted by Gasteiger charge is 2.57. The molecule has 6 rings (SSSR count). The molecule has 0 radical (unpaired) electrons. The number of hydrogen-bond acceptors (Lipinski definition) is 8. The lowest BCUT2D eigenvalue weighted by Gasteiger charge is -2.31. The number of nitrogens with two attached hydrogens (primary N) is 1. The van der Waals surface area contributed by atoms with Crippen molar-refractivity contribution >= 4 is 34.4 Å². The lowest BCUT2D eigenvalue weighted by atomic mass is 9.81. The van der Waals surface area contributed by atoms with Crippen LogP contribution in [0.2, 0.25) is 0 Å². The molecule has 256 valence electrons. The number of amides is 4. The number of aliphatic hydroxyl groups is 1. The van der Waals surface area contributed by atoms with E-state index >= 15 is 0 Å². The summed E-state index contributed by atoms with van der Waals surface area (Å²) >= 11 is 0. The highest BCUT2D eigenvalue weighted by atomic mass is 19.4. The number of rotatable bonds is 8. The second-order valence-electron chi connectivity index (χ2n) is 12.2. The van der Waals surface area contributed by atoms with Crippen molar-refractivity contribution in [3.63, 3.8) is 0 Å². The van der Waals surface area contributed by atoms with Crippen LogP contribution in [0, 0.1) is 12.7 Å². The minimum atomic E-state index is -5.41. The topological polar surface area (TPSA) is 178 Å². The first-order valence-corrected chi connectivity index (χ1v) is 15.0. The number of fused-ring (bicyclic) bond motifs is 2. The van der Waals surface area contributed by atoms with Gasteiger partial charge in [0.1, 0.15) is 29.3 Å². The Kier molecular flexibility index (Phi) is 8.40. The number of ether oxygens (including phenoxy) is 2. The standard InChI is InChI=1S/C33H30F4N6O6/c1-16-7-18-8-19(9-23(25(18)39-11-16)42-30(46)41-21-12-48-13-21)28(44)40-14-32(47,33(35,36)37)24-10-22-27(49-15-31(22,2)29(38)45)26(43-24)17-3-5-20(34)6-4-17/h3-11,21,47H,12-15H2,1-2H3,(H2,38,45)(H,40,44)(H2,41,42,46)/t31-,32?/m0/s1. The van der Waals surface area contributed by atoms with E-state index in [4.69, 9.17) is 15.2 Å². The van der Waals surface area contributed by atoms with E-state index in [1.807, 2.05) is 0 Å². The molecule has 12 nitrogen and oxygen atoms in total. The number of anilines is 1. The van der Waals surface area contributed by atoms with Crippen molar-refractivity contribution in [2.24, 2.45) is 5.73 Å². The Balaban J connectivity index is 1.37. The van der Waals surface area contributed by atoms with Gasteiger partial charge in [-0.1, -0.05) is 0 Å². The van der Waals surface area contributed by atoms with Crippen LogP contribution in [-0.4, -0.2) is 71.5 Å². The third-order valence-corrected chi connectivity index (χ3v) is 8.54. The van der Waals surface area contributed by atoms with Crippen molar-refractivity contribution in [3.05, 3.63) is 82.9 Å². The fourth-order valence-corrected chi connectivity index (χ4v) is 5.50. The second kappa shape index (κ2) is 12.3. The molecule has 16 heteroatoms. The van der Waals surface area contributed by atoms with Gasteiger partial charge in [-0.3, -0.25) is 14.6 Å². The number of nitrogens with one attached hydrogen (secondary N) is 3. The van der Waals surface area contributed by atoms with Crippen molar-refractivity contribution in [2.75, 3.05) is 31.7 Å². The zero-order valence-corrected chi connectivity index (χ0v) is 26.1. The lowest BCUT2D eigenvalue weighted by Crippen LogP contribution is -2.52. The van der Waals surface area contributed by atoms with E-state index in [-0.39, 0.29) is 46.5 Å². The highest BCUT2D eigenvalue weighted by molar-refractivity contribution is 6.05. The van der Waals surface area contributed by atoms with E-state index in [0.29, 0.717) is 29.7 Å². The van der Waals surface area contributed by atoms with Gasteiger partial charge in [-0.15, -0.1) is 0 Å². The Morgan fingerprint density at radius 2 is 1.82 bits per heavy atom. The number of nitrogens with zero attached hydrogens (tertiary/aromatic N) is 2. The van der Waals surface area contributed by atoms with Crippen molar-refractivity contribution in [2.45, 2.75) is 37.1 Å². The Morgan fingerprint density at radius 3 is 2.45 bits per heavy atom. The highest BCUT2D eigenvalue weighted by Crippen LogP contribution is 2.47. The Hall–Kier alpha value is -5.35. The maximum atomic E-state index is 14.8. The average molecular weight is 683 g/mol. The summed E-state index contributed by atoms with van der Waals surface area (Å²) in [6.45, 7) is 2.04. The van der Waals surface area contributed by atoms with Gasteiger partial charge in [0.25, 0.3) is 5.91 Å². The molecule has 2 aliphatic rings. The molecule has 0 aliphatic carbocycles. The number of hydrogen-bond donors (Lipinski definition) is 5. The molecule has 0 bridgehead atoms. The number of urea groups is 1. The maximum Gasteiger partial charge on any atom is 0.424 e. The van der Waals surface area contributed by atoms with E-state index in [0.717, 1.165) is 18.2 Å². The van der Waals surface area contributed by atoms with Crippen LogP contribution in [0.1, 0.15) is 34.1 Å². The minimum Gasteiger partial charge on any atom is -0.489 e. The number of benzene rings is 2. The molecule has 2 aliphatic heterocycles. The number of carbonyl (C=O) groups excluding carboxylic acids is 3. The maximum absolute atomic E-state index is 14.8. The van der Waals surface area contributed by atoms with Gasteiger partial charge in [0.15, 0.2) is 0 Å². The van der Waals surface area contributed by atoms with E-state index < -0.39 is 53.1 Å². The van der Waals surface area contributed by atoms with Gasteiger partial charge in [-0.25, -0.2) is 14.2 Å². The summed E-state index contributed by atoms with van der Waals surface area (Å²) in [4.78, 5) is 47.0. The molecular formula is C33H30F4N6O6. The Bertz CT molecular complexity index is 1990. The summed E-state index contributed by atoms with van der Waals surface area (Å²) in [5, 5.41) is 19.2. The SMILES string of the molecule is Cc1cnc2c(NC(=O)NC3COC3)cc(C(=O)NCC(O)(c3cc4c(c(-c5ccc(F)cc5)n3)OC[C@]4(C)C(N)=O)C(F)(F)F)cc2c1. The van der Waals surface area contributed by atoms with Crippen LogP contribution >= 0.6 is 0 Å². The van der Waals surface area contributed by atoms with Crippen LogP contribution in [0.25, 0.3) is 22.2 Å². The van der Waals surface area contributed by atoms with E-state index in [1.54, 1.807) is 19.2 Å². The molecule has 0 spiro atoms. The van der Waals surface area contributed by atoms with E-state index in [2.05, 4.69) is 25.9 Å². The summed E-state index contributed by atoms with van der Waals surface area (Å²) in [6.07, 6.45) is -3.86. The molecule has 4 amide bonds. The van der Waals surface area contributed by atoms with Crippen LogP contribution in [0.4, 0.5) is 28.0 Å². The molecular weight excluding hydrogens is 652 g/mol. The van der Waals surface area contributed by atoms with Crippen LogP contribution in [0.5, 0.6) is 5.75 Å². The second-order valence-corrected chi connectivity index (χ2v) is 12.2. The summed E-state index contributed by atoms with van der Waals surface area (Å²) in [5.41, 5.74) is 0.122. The van der Waals surface area contributed by atoms with Crippen molar-refractivity contribution in [1.29, 1.82) is 0 Å². The van der Waals surface area contributed by atoms with E-state index in [9.17, 15) is 37.1 Å². The van der Waals surface area contributed by atoms with Gasteiger partial charge >= 0.3 is 12.2 Å². The molecule has 1 fully saturated rings. The fourth-order valence-electron chi connectivity index (χ4n) is 5.50. The minimum absolute atomic E-state index is 0.0563. The summed E-state index contributed by atoms with van der Waals surface area (Å²) < 4.78 is 69.0. The van der Waals surface area contributed by atoms with Gasteiger partial charge in [0.05, 0.1) is 42.7 Å². The predicted molar refractivity (Wildman–Crippen MR) is 167 cm³/mol. The number of halogens is 4. The van der Waals surface area contributed by atoms with Crippen molar-refractivity contribution in [3.8, 4) is 17.0 Å². The van der Waals surface area contributed by atoms with Gasteiger partial charge in [0.2, 0.25) is 11.5 Å². The number of primary amides is 1. The lowest BCUT2D eigenvalue weighted by molar-refractivity contribution is -0.265. The average Bonchev–Trinajstić information content (AvgIpc) is 3.38. The molecule has 1 unspecified atom stereocenters. The largest absolute Gasteiger partial charge is 0.489 e. The summed E-state index contributed by atoms with van der Waals surface area (Å²) in [7, 11) is 0. The van der Waals surface area contributed by atoms with E-state index in [1.165, 1.54) is 31.2 Å². The first-order valence-electron chi connectivity index (χ1n) is 15.0. The number of aromatic nitrogens is 2. The first kappa shape index (κ1) is 33.5. The number of alkyl halides is 3. The number of pyridine rings is 2. The van der Waals surface area contributed by atoms with Crippen molar-refractivity contribution < 1.29 is 46.5 Å². The van der Waals surface area contributed by atoms with Gasteiger partial charge in [-0.2, -0.15) is 13.2 Å². The normalized spacial score (nSPS) is 18.5. The zero-order valence-electron chi connectivity index (χ0n) is 26.1. The Morgan fingerprint density at radius 1 is 1.10 bits per heavy atom. The monoisotopic (exact) mass is 682 g/mol. The van der Waals surface area contributed by atoms with Gasteiger partial charge < -0.3 is 36.3 Å². The fraction of sp³-hybridized carbons (Fsp3) is 0.303. The molecule has 4 aromatic rings. The molecule has 49 heavy (non-hydrogen) atoms. The summed E-state index contributed by atoms with van der Waals surface area (Å²) in [5.74, 6) is -2.61. The molecule has 2 atom stereocenters. The molecule has 1 saturated heterocycles. The third-order valence-electron chi connectivity index (χ3n) is 8.54. The number of carbonyl (C=O) groups is 3. The van der Waals surface area contributed by atoms with Crippen molar-refractivity contribution in [1.82, 2.24) is 20.6 Å². The third kappa shape index (κ3) is 6.20. The van der Waals surface area contributed by atoms with Gasteiger partial charge in [0, 0.05) is 28.3 Å². The molecule has 4 heterocycles. The zero-order chi connectivity index (χ0) is 35.3. The van der Waals surface area contributed by atoms with Crippen LogP contribution in [0.3, 0.4) is 0 Å². The molecule has 6 N–H and O–H groups in total. The molecule has 2 aromatic carbocycles. The molecule has 2 aromatic heterocycles. The first-order chi connectivity index (χ1) is 23.1. The quantitative estimate of drug-likeness (QED) is 0.175. The summed E-state index contributed by atoms with van der Waals surface area (Å²) in [6, 6.07) is 8.99. The Labute approximate surface area is 276 Å². The van der Waals surface area contributed by atoms with Crippen LogP contribution in [-0.2, 0) is 20.5 Å². The molecule has 0 saturated carbocycles. The van der Waals surface area contributed by atoms with Gasteiger partial charge in [-0.05, 0) is 67.9 Å².